The number of aliphatic carboxylic acids is 1. The second-order valence-electron chi connectivity index (χ2n) is 7.31. The van der Waals surface area contributed by atoms with Crippen molar-refractivity contribution >= 4 is 29.3 Å². The van der Waals surface area contributed by atoms with Crippen LogP contribution in [0.4, 0.5) is 13.2 Å². The Hall–Kier alpha value is -3.44. The molecule has 1 unspecified atom stereocenters. The number of hydrogen-bond donors (Lipinski definition) is 1. The predicted molar refractivity (Wildman–Crippen MR) is 120 cm³/mol. The highest BCUT2D eigenvalue weighted by atomic mass is 32.1. The molecule has 0 radical (unpaired) electrons. The van der Waals surface area contributed by atoms with Crippen LogP contribution >= 0.6 is 11.3 Å². The van der Waals surface area contributed by atoms with E-state index in [0.717, 1.165) is 22.7 Å². The Balaban J connectivity index is 0.000000406. The number of pyridine rings is 1. The number of amides is 1. The van der Waals surface area contributed by atoms with Crippen molar-refractivity contribution in [2.24, 2.45) is 0 Å². The summed E-state index contributed by atoms with van der Waals surface area (Å²) in [5, 5.41) is 9.13. The number of carbonyl (C=O) groups excluding carboxylic acids is 1. The van der Waals surface area contributed by atoms with Crippen LogP contribution in [0.15, 0.2) is 66.4 Å². The van der Waals surface area contributed by atoms with Crippen LogP contribution in [0.5, 0.6) is 0 Å². The summed E-state index contributed by atoms with van der Waals surface area (Å²) in [6.07, 6.45) is 3.97. The summed E-state index contributed by atoms with van der Waals surface area (Å²) in [5.41, 5.74) is 2.21. The van der Waals surface area contributed by atoms with Gasteiger partial charge in [-0.1, -0.05) is 6.07 Å². The number of carbonyl (C=O) groups is 2. The lowest BCUT2D eigenvalue weighted by molar-refractivity contribution is -0.192. The standard InChI is InChI=1S/C21H21N3O2S.C2HF3O2/c25-21(6-5-20-4-2-12-27-20)24-13-18-3-1-11-23(18)14-19(15-24)26-16-17-7-9-22-10-8-17;3-2(4,5)1(6)7/h1-12,19H,13-16H2;(H,6,7)/b6-5+;. The van der Waals surface area contributed by atoms with Crippen LogP contribution < -0.4 is 0 Å². The van der Waals surface area contributed by atoms with E-state index in [-0.39, 0.29) is 12.0 Å². The molecule has 1 atom stereocenters. The van der Waals surface area contributed by atoms with Crippen molar-refractivity contribution < 1.29 is 32.6 Å². The van der Waals surface area contributed by atoms with Crippen LogP contribution in [0.25, 0.3) is 6.08 Å². The minimum atomic E-state index is -5.08. The SMILES string of the molecule is O=C(/C=C/c1cccs1)N1Cc2cccn2CC(OCc2ccncc2)C1.O=C(O)C(F)(F)F. The summed E-state index contributed by atoms with van der Waals surface area (Å²) in [4.78, 5) is 28.6. The quantitative estimate of drug-likeness (QED) is 0.538. The maximum atomic E-state index is 12.8. The number of carboxylic acids is 1. The van der Waals surface area contributed by atoms with Gasteiger partial charge in [0.15, 0.2) is 0 Å². The first-order valence-corrected chi connectivity index (χ1v) is 11.1. The monoisotopic (exact) mass is 493 g/mol. The predicted octanol–water partition coefficient (Wildman–Crippen LogP) is 4.22. The summed E-state index contributed by atoms with van der Waals surface area (Å²) in [6.45, 7) is 2.42. The summed E-state index contributed by atoms with van der Waals surface area (Å²) in [7, 11) is 0. The Morgan fingerprint density at radius 3 is 2.56 bits per heavy atom. The lowest BCUT2D eigenvalue weighted by atomic mass is 10.2. The average molecular weight is 494 g/mol. The van der Waals surface area contributed by atoms with Gasteiger partial charge >= 0.3 is 12.1 Å². The van der Waals surface area contributed by atoms with E-state index in [1.165, 1.54) is 0 Å². The summed E-state index contributed by atoms with van der Waals surface area (Å²) < 4.78 is 40.1. The summed E-state index contributed by atoms with van der Waals surface area (Å²) in [6, 6.07) is 12.0. The average Bonchev–Trinajstić information content (AvgIpc) is 3.45. The van der Waals surface area contributed by atoms with Crippen molar-refractivity contribution in [2.75, 3.05) is 6.54 Å². The lowest BCUT2D eigenvalue weighted by Gasteiger charge is -2.23. The second-order valence-corrected chi connectivity index (χ2v) is 8.29. The van der Waals surface area contributed by atoms with E-state index < -0.39 is 12.1 Å². The number of nitrogens with zero attached hydrogens (tertiary/aromatic N) is 3. The fourth-order valence-corrected chi connectivity index (χ4v) is 3.78. The number of halogens is 3. The Kier molecular flexibility index (Phi) is 8.61. The molecule has 1 N–H and O–H groups in total. The highest BCUT2D eigenvalue weighted by Crippen LogP contribution is 2.18. The number of ether oxygens (including phenoxy) is 1. The van der Waals surface area contributed by atoms with E-state index in [4.69, 9.17) is 14.6 Å². The summed E-state index contributed by atoms with van der Waals surface area (Å²) in [5.74, 6) is -2.75. The number of carboxylic acid groups (broad SMARTS) is 1. The molecule has 180 valence electrons. The topological polar surface area (TPSA) is 84.7 Å². The minimum Gasteiger partial charge on any atom is -0.475 e. The van der Waals surface area contributed by atoms with E-state index in [1.54, 1.807) is 29.8 Å². The molecule has 3 aromatic heterocycles. The van der Waals surface area contributed by atoms with Crippen molar-refractivity contribution in [3.8, 4) is 0 Å². The van der Waals surface area contributed by atoms with Crippen LogP contribution in [0.2, 0.25) is 0 Å². The number of aromatic nitrogens is 2. The Morgan fingerprint density at radius 2 is 1.91 bits per heavy atom. The maximum absolute atomic E-state index is 12.8. The molecule has 34 heavy (non-hydrogen) atoms. The van der Waals surface area contributed by atoms with Crippen molar-refractivity contribution in [1.82, 2.24) is 14.5 Å². The molecule has 3 aromatic rings. The smallest absolute Gasteiger partial charge is 0.475 e. The Bertz CT molecular complexity index is 1100. The normalized spacial score (nSPS) is 15.9. The van der Waals surface area contributed by atoms with Gasteiger partial charge in [0.05, 0.1) is 25.8 Å². The largest absolute Gasteiger partial charge is 0.490 e. The van der Waals surface area contributed by atoms with Crippen molar-refractivity contribution in [1.29, 1.82) is 0 Å². The maximum Gasteiger partial charge on any atom is 0.490 e. The first kappa shape index (κ1) is 25.2. The molecule has 11 heteroatoms. The van der Waals surface area contributed by atoms with Gasteiger partial charge in [-0.3, -0.25) is 9.78 Å². The highest BCUT2D eigenvalue weighted by molar-refractivity contribution is 7.10. The fourth-order valence-electron chi connectivity index (χ4n) is 3.17. The minimum absolute atomic E-state index is 0.00978. The van der Waals surface area contributed by atoms with Gasteiger partial charge in [-0.05, 0) is 47.4 Å². The Labute approximate surface area is 197 Å². The molecule has 0 spiro atoms. The first-order chi connectivity index (χ1) is 16.2. The van der Waals surface area contributed by atoms with E-state index >= 15 is 0 Å². The molecular formula is C23H22F3N3O4S. The molecule has 0 fully saturated rings. The van der Waals surface area contributed by atoms with E-state index in [2.05, 4.69) is 15.6 Å². The van der Waals surface area contributed by atoms with Crippen molar-refractivity contribution in [2.45, 2.75) is 32.0 Å². The van der Waals surface area contributed by atoms with Crippen LogP contribution in [0, 0.1) is 0 Å². The number of rotatable bonds is 5. The van der Waals surface area contributed by atoms with E-state index in [0.29, 0.717) is 19.7 Å². The molecule has 4 rings (SSSR count). The van der Waals surface area contributed by atoms with Gasteiger partial charge in [-0.15, -0.1) is 11.3 Å². The zero-order valence-corrected chi connectivity index (χ0v) is 18.7. The number of hydrogen-bond acceptors (Lipinski definition) is 5. The van der Waals surface area contributed by atoms with Gasteiger partial charge in [0.2, 0.25) is 5.91 Å². The van der Waals surface area contributed by atoms with Gasteiger partial charge in [0.1, 0.15) is 0 Å². The van der Waals surface area contributed by atoms with E-state index in [9.17, 15) is 18.0 Å². The first-order valence-electron chi connectivity index (χ1n) is 10.2. The van der Waals surface area contributed by atoms with Crippen LogP contribution in [0.1, 0.15) is 16.1 Å². The molecule has 1 aliphatic rings. The number of fused-ring (bicyclic) bond motifs is 1. The zero-order chi connectivity index (χ0) is 24.6. The number of alkyl halides is 3. The van der Waals surface area contributed by atoms with Crippen LogP contribution in [-0.4, -0.2) is 50.3 Å². The number of thiophene rings is 1. The van der Waals surface area contributed by atoms with Gasteiger partial charge in [-0.2, -0.15) is 13.2 Å². The lowest BCUT2D eigenvalue weighted by Crippen LogP contribution is -2.36. The second kappa shape index (κ2) is 11.6. The van der Waals surface area contributed by atoms with Crippen LogP contribution in [0.3, 0.4) is 0 Å². The molecule has 1 amide bonds. The fraction of sp³-hybridized carbons (Fsp3) is 0.261. The molecule has 0 aliphatic carbocycles. The Morgan fingerprint density at radius 1 is 1.18 bits per heavy atom. The molecule has 0 saturated heterocycles. The van der Waals surface area contributed by atoms with Gasteiger partial charge in [-0.25, -0.2) is 4.79 Å². The molecule has 0 aromatic carbocycles. The molecule has 4 heterocycles. The summed E-state index contributed by atoms with van der Waals surface area (Å²) >= 11 is 1.62. The van der Waals surface area contributed by atoms with Crippen molar-refractivity contribution in [3.63, 3.8) is 0 Å². The third kappa shape index (κ3) is 7.56. The zero-order valence-electron chi connectivity index (χ0n) is 17.9. The highest BCUT2D eigenvalue weighted by Gasteiger charge is 2.38. The van der Waals surface area contributed by atoms with Crippen molar-refractivity contribution in [3.05, 3.63) is 82.6 Å². The van der Waals surface area contributed by atoms with Gasteiger partial charge in [0, 0.05) is 41.8 Å². The third-order valence-electron chi connectivity index (χ3n) is 4.82. The van der Waals surface area contributed by atoms with Gasteiger partial charge in [0.25, 0.3) is 0 Å². The van der Waals surface area contributed by atoms with Gasteiger partial charge < -0.3 is 19.3 Å². The molecule has 7 nitrogen and oxygen atoms in total. The molecule has 0 saturated carbocycles. The van der Waals surface area contributed by atoms with Crippen LogP contribution in [-0.2, 0) is 34.0 Å². The molecular weight excluding hydrogens is 471 g/mol. The third-order valence-corrected chi connectivity index (χ3v) is 5.66. The molecule has 1 aliphatic heterocycles. The van der Waals surface area contributed by atoms with E-state index in [1.807, 2.05) is 52.9 Å². The molecule has 0 bridgehead atoms.